The van der Waals surface area contributed by atoms with Gasteiger partial charge in [-0.1, -0.05) is 12.1 Å². The van der Waals surface area contributed by atoms with E-state index in [1.807, 2.05) is 6.07 Å². The average molecular weight is 232 g/mol. The second-order valence-electron chi connectivity index (χ2n) is 3.03. The van der Waals surface area contributed by atoms with Gasteiger partial charge in [-0.05, 0) is 18.6 Å². The Bertz CT molecular complexity index is 352. The number of benzene rings is 1. The van der Waals surface area contributed by atoms with Gasteiger partial charge in [0.2, 0.25) is 0 Å². The first kappa shape index (κ1) is 11.3. The van der Waals surface area contributed by atoms with Crippen molar-refractivity contribution in [3.8, 4) is 0 Å². The van der Waals surface area contributed by atoms with E-state index in [4.69, 9.17) is 28.9 Å². The molecule has 2 N–H and O–H groups in total. The Morgan fingerprint density at radius 2 is 2.21 bits per heavy atom. The summed E-state index contributed by atoms with van der Waals surface area (Å²) in [5.41, 5.74) is 7.70. The maximum absolute atomic E-state index is 11.1. The molecule has 0 aliphatic heterocycles. The van der Waals surface area contributed by atoms with Crippen LogP contribution in [-0.4, -0.2) is 5.78 Å². The van der Waals surface area contributed by atoms with Crippen molar-refractivity contribution in [3.63, 3.8) is 0 Å². The molecule has 0 saturated heterocycles. The van der Waals surface area contributed by atoms with Gasteiger partial charge in [0.25, 0.3) is 0 Å². The van der Waals surface area contributed by atoms with Crippen LogP contribution < -0.4 is 5.73 Å². The number of hydrogen-bond donors (Lipinski definition) is 1. The normalized spacial score (nSPS) is 12.5. The van der Waals surface area contributed by atoms with Gasteiger partial charge in [0.15, 0.2) is 5.78 Å². The Morgan fingerprint density at radius 3 is 2.71 bits per heavy atom. The first-order valence-electron chi connectivity index (χ1n) is 4.15. The van der Waals surface area contributed by atoms with E-state index in [2.05, 4.69) is 0 Å². The van der Waals surface area contributed by atoms with E-state index in [1.54, 1.807) is 12.1 Å². The van der Waals surface area contributed by atoms with Crippen LogP contribution in [0.5, 0.6) is 0 Å². The highest BCUT2D eigenvalue weighted by Gasteiger charge is 2.19. The quantitative estimate of drug-likeness (QED) is 0.643. The van der Waals surface area contributed by atoms with Crippen LogP contribution >= 0.6 is 23.2 Å². The minimum absolute atomic E-state index is 0.129. The zero-order valence-electron chi connectivity index (χ0n) is 7.76. The van der Waals surface area contributed by atoms with Crippen molar-refractivity contribution in [1.29, 1.82) is 0 Å². The molecule has 1 unspecified atom stereocenters. The summed E-state index contributed by atoms with van der Waals surface area (Å²) in [6, 6.07) is 5.32. The second kappa shape index (κ2) is 4.67. The van der Waals surface area contributed by atoms with Crippen molar-refractivity contribution >= 4 is 34.7 Å². The smallest absolute Gasteiger partial charge is 0.152 e. The molecule has 14 heavy (non-hydrogen) atoms. The van der Waals surface area contributed by atoms with Gasteiger partial charge in [-0.2, -0.15) is 0 Å². The monoisotopic (exact) mass is 231 g/mol. The number of Topliss-reactive ketones (excluding diaryl/α,β-unsaturated/α-hetero) is 1. The summed E-state index contributed by atoms with van der Waals surface area (Å²) in [5.74, 6) is 0.174. The predicted octanol–water partition coefficient (Wildman–Crippen LogP) is 2.88. The molecule has 4 heteroatoms. The molecule has 1 aromatic rings. The second-order valence-corrected chi connectivity index (χ2v) is 3.73. The average Bonchev–Trinajstić information content (AvgIpc) is 2.16. The zero-order valence-corrected chi connectivity index (χ0v) is 9.27. The van der Waals surface area contributed by atoms with Crippen molar-refractivity contribution in [1.82, 2.24) is 0 Å². The molecule has 0 aliphatic carbocycles. The molecule has 0 spiro atoms. The van der Waals surface area contributed by atoms with Gasteiger partial charge in [0, 0.05) is 17.1 Å². The lowest BCUT2D eigenvalue weighted by Crippen LogP contribution is -2.08. The summed E-state index contributed by atoms with van der Waals surface area (Å²) in [6.07, 6.45) is 0. The predicted molar refractivity (Wildman–Crippen MR) is 59.7 cm³/mol. The van der Waals surface area contributed by atoms with Crippen molar-refractivity contribution in [2.45, 2.75) is 18.2 Å². The lowest BCUT2D eigenvalue weighted by atomic mass is 10.0. The number of nitrogens with two attached hydrogens (primary N) is 1. The van der Waals surface area contributed by atoms with Crippen LogP contribution in [0.4, 0.5) is 5.69 Å². The zero-order chi connectivity index (χ0) is 10.7. The molecule has 0 aromatic heterocycles. The number of halogens is 2. The van der Waals surface area contributed by atoms with Gasteiger partial charge in [0.05, 0.1) is 0 Å². The Morgan fingerprint density at radius 1 is 1.57 bits per heavy atom. The summed E-state index contributed by atoms with van der Waals surface area (Å²) in [4.78, 5) is 11.1. The van der Waals surface area contributed by atoms with E-state index in [0.717, 1.165) is 5.56 Å². The number of hydrogen-bond acceptors (Lipinski definition) is 2. The molecule has 0 aliphatic rings. The first-order chi connectivity index (χ1) is 6.57. The summed E-state index contributed by atoms with van der Waals surface area (Å²) >= 11 is 11.7. The molecule has 0 amide bonds. The standard InChI is InChI=1S/C10H11Cl2NO/c1-6(14)10(12)9-7(5-11)3-2-4-8(9)13/h2-4,10H,5,13H2,1H3. The van der Waals surface area contributed by atoms with Gasteiger partial charge in [-0.3, -0.25) is 4.79 Å². The number of anilines is 1. The summed E-state index contributed by atoms with van der Waals surface area (Å²) < 4.78 is 0. The third-order valence-corrected chi connectivity index (χ3v) is 2.80. The molecular formula is C10H11Cl2NO. The van der Waals surface area contributed by atoms with E-state index in [9.17, 15) is 4.79 Å². The summed E-state index contributed by atoms with van der Waals surface area (Å²) in [5, 5.41) is -0.704. The molecule has 1 rings (SSSR count). The van der Waals surface area contributed by atoms with Crippen LogP contribution in [0.3, 0.4) is 0 Å². The topological polar surface area (TPSA) is 43.1 Å². The van der Waals surface area contributed by atoms with Crippen LogP contribution in [0, 0.1) is 0 Å². The third-order valence-electron chi connectivity index (χ3n) is 1.98. The van der Waals surface area contributed by atoms with E-state index in [0.29, 0.717) is 17.1 Å². The fourth-order valence-corrected chi connectivity index (χ4v) is 1.76. The first-order valence-corrected chi connectivity index (χ1v) is 5.12. The summed E-state index contributed by atoms with van der Waals surface area (Å²) in [7, 11) is 0. The molecule has 0 heterocycles. The summed E-state index contributed by atoms with van der Waals surface area (Å²) in [6.45, 7) is 1.43. The number of carbonyl (C=O) groups is 1. The van der Waals surface area contributed by atoms with E-state index < -0.39 is 5.38 Å². The molecule has 0 fully saturated rings. The Balaban J connectivity index is 3.23. The fraction of sp³-hybridized carbons (Fsp3) is 0.300. The Hall–Kier alpha value is -0.730. The van der Waals surface area contributed by atoms with Crippen LogP contribution in [0.25, 0.3) is 0 Å². The lowest BCUT2D eigenvalue weighted by Gasteiger charge is -2.13. The molecule has 1 aromatic carbocycles. The molecule has 2 nitrogen and oxygen atoms in total. The highest BCUT2D eigenvalue weighted by atomic mass is 35.5. The van der Waals surface area contributed by atoms with E-state index >= 15 is 0 Å². The highest BCUT2D eigenvalue weighted by molar-refractivity contribution is 6.31. The van der Waals surface area contributed by atoms with Crippen molar-refractivity contribution in [2.75, 3.05) is 5.73 Å². The van der Waals surface area contributed by atoms with E-state index in [-0.39, 0.29) is 5.78 Å². The van der Waals surface area contributed by atoms with Crippen molar-refractivity contribution in [2.24, 2.45) is 0 Å². The van der Waals surface area contributed by atoms with Crippen LogP contribution in [-0.2, 0) is 10.7 Å². The van der Waals surface area contributed by atoms with Gasteiger partial charge in [0.1, 0.15) is 5.38 Å². The SMILES string of the molecule is CC(=O)C(Cl)c1c(N)cccc1CCl. The number of alkyl halides is 2. The number of nitrogen functional groups attached to an aromatic ring is 1. The molecule has 0 bridgehead atoms. The molecular weight excluding hydrogens is 221 g/mol. The third kappa shape index (κ3) is 2.20. The minimum Gasteiger partial charge on any atom is -0.398 e. The van der Waals surface area contributed by atoms with Crippen LogP contribution in [0.15, 0.2) is 18.2 Å². The van der Waals surface area contributed by atoms with Crippen molar-refractivity contribution < 1.29 is 4.79 Å². The van der Waals surface area contributed by atoms with Crippen LogP contribution in [0.2, 0.25) is 0 Å². The highest BCUT2D eigenvalue weighted by Crippen LogP contribution is 2.30. The van der Waals surface area contributed by atoms with Crippen molar-refractivity contribution in [3.05, 3.63) is 29.3 Å². The molecule has 1 atom stereocenters. The van der Waals surface area contributed by atoms with Gasteiger partial charge >= 0.3 is 0 Å². The molecule has 0 radical (unpaired) electrons. The number of rotatable bonds is 3. The van der Waals surface area contributed by atoms with E-state index in [1.165, 1.54) is 6.92 Å². The molecule has 0 saturated carbocycles. The maximum Gasteiger partial charge on any atom is 0.152 e. The van der Waals surface area contributed by atoms with Gasteiger partial charge < -0.3 is 5.73 Å². The molecule has 76 valence electrons. The lowest BCUT2D eigenvalue weighted by molar-refractivity contribution is -0.116. The maximum atomic E-state index is 11.1. The number of ketones is 1. The van der Waals surface area contributed by atoms with Gasteiger partial charge in [-0.15, -0.1) is 23.2 Å². The van der Waals surface area contributed by atoms with Gasteiger partial charge in [-0.25, -0.2) is 0 Å². The Kier molecular flexibility index (Phi) is 3.78. The fourth-order valence-electron chi connectivity index (χ4n) is 1.26. The van der Waals surface area contributed by atoms with Crippen LogP contribution in [0.1, 0.15) is 23.4 Å². The Labute approximate surface area is 93.0 Å². The largest absolute Gasteiger partial charge is 0.398 e. The minimum atomic E-state index is -0.704. The number of carbonyl (C=O) groups excluding carboxylic acids is 1.